The average Bonchev–Trinajstić information content (AvgIpc) is 3.44. The van der Waals surface area contributed by atoms with Crippen LogP contribution < -0.4 is 5.56 Å². The Morgan fingerprint density at radius 1 is 1.33 bits per heavy atom. The van der Waals surface area contributed by atoms with E-state index in [0.29, 0.717) is 22.2 Å². The predicted molar refractivity (Wildman–Crippen MR) is 104 cm³/mol. The summed E-state index contributed by atoms with van der Waals surface area (Å²) in [6.07, 6.45) is 5.22. The summed E-state index contributed by atoms with van der Waals surface area (Å²) < 4.78 is 30.6. The van der Waals surface area contributed by atoms with Crippen molar-refractivity contribution in [3.05, 3.63) is 51.9 Å². The predicted octanol–water partition coefficient (Wildman–Crippen LogP) is 2.61. The number of aromatic nitrogens is 3. The Kier molecular flexibility index (Phi) is 4.25. The maximum absolute atomic E-state index is 13.7. The molecule has 0 atom stereocenters. The lowest BCUT2D eigenvalue weighted by molar-refractivity contribution is -0.293. The van der Waals surface area contributed by atoms with E-state index in [9.17, 15) is 18.4 Å². The van der Waals surface area contributed by atoms with Crippen molar-refractivity contribution in [1.82, 2.24) is 19.0 Å². The van der Waals surface area contributed by atoms with Crippen molar-refractivity contribution in [3.8, 4) is 11.1 Å². The van der Waals surface area contributed by atoms with Gasteiger partial charge in [0.05, 0.1) is 18.5 Å². The van der Waals surface area contributed by atoms with E-state index in [1.807, 2.05) is 10.8 Å². The highest BCUT2D eigenvalue weighted by atomic mass is 35.5. The lowest BCUT2D eigenvalue weighted by Crippen LogP contribution is -2.60. The normalized spacial score (nSPS) is 17.9. The van der Waals surface area contributed by atoms with Gasteiger partial charge >= 0.3 is 0 Å². The second-order valence-electron chi connectivity index (χ2n) is 8.37. The second-order valence-corrected chi connectivity index (χ2v) is 8.81. The van der Waals surface area contributed by atoms with Crippen molar-refractivity contribution >= 4 is 16.9 Å². The third kappa shape index (κ3) is 3.19. The number of likely N-dealkylation sites (tertiary alicyclic amines) is 1. The van der Waals surface area contributed by atoms with E-state index in [1.165, 1.54) is 34.9 Å². The van der Waals surface area contributed by atoms with E-state index < -0.39 is 11.5 Å². The molecule has 5 rings (SSSR count). The first-order valence-electron chi connectivity index (χ1n) is 9.77. The van der Waals surface area contributed by atoms with Crippen LogP contribution in [0, 0.1) is 17.4 Å². The molecule has 1 aromatic carbocycles. The van der Waals surface area contributed by atoms with Gasteiger partial charge in [0.25, 0.3) is 10.6 Å². The highest BCUT2D eigenvalue weighted by Crippen LogP contribution is 2.40. The minimum atomic E-state index is -1.37. The third-order valence-electron chi connectivity index (χ3n) is 5.68. The number of hydrogen-bond donors (Lipinski definition) is 0. The Balaban J connectivity index is 1.58. The Hall–Kier alpha value is -2.74. The van der Waals surface area contributed by atoms with Crippen molar-refractivity contribution in [2.45, 2.75) is 38.0 Å². The van der Waals surface area contributed by atoms with E-state index in [0.717, 1.165) is 12.8 Å². The quantitative estimate of drug-likeness (QED) is 0.635. The number of nitrogens with zero attached hydrogens (tertiary/aromatic N) is 4. The summed E-state index contributed by atoms with van der Waals surface area (Å²) >= 11 is 5.06. The number of carbonyl (C=O) groups excluding carboxylic acids is 1. The molecule has 3 aromatic rings. The zero-order chi connectivity index (χ0) is 21.2. The maximum atomic E-state index is 13.7. The van der Waals surface area contributed by atoms with Crippen LogP contribution in [0.25, 0.3) is 22.2 Å². The lowest BCUT2D eigenvalue weighted by Gasteiger charge is -2.42. The van der Waals surface area contributed by atoms with E-state index in [1.54, 1.807) is 6.07 Å². The van der Waals surface area contributed by atoms with Gasteiger partial charge in [0.1, 0.15) is 24.2 Å². The number of benzene rings is 1. The van der Waals surface area contributed by atoms with Gasteiger partial charge in [-0.15, -0.1) is 0 Å². The number of fused-ring (bicyclic) bond motifs is 1. The second kappa shape index (κ2) is 6.63. The molecule has 1 aliphatic carbocycles. The smallest absolute Gasteiger partial charge is 0.263 e. The molecule has 1 aliphatic heterocycles. The number of amides is 1. The molecule has 0 bridgehead atoms. The van der Waals surface area contributed by atoms with Crippen LogP contribution >= 0.6 is 0 Å². The molecule has 156 valence electrons. The van der Waals surface area contributed by atoms with Gasteiger partial charge in [0.2, 0.25) is 5.91 Å². The van der Waals surface area contributed by atoms with Gasteiger partial charge in [-0.2, -0.15) is 0 Å². The van der Waals surface area contributed by atoms with Gasteiger partial charge in [-0.1, -0.05) is 6.07 Å². The first kappa shape index (κ1) is 19.2. The molecular weight excluding hydrogens is 414 g/mol. The first-order chi connectivity index (χ1) is 14.2. The Labute approximate surface area is 175 Å². The van der Waals surface area contributed by atoms with Gasteiger partial charge in [0.15, 0.2) is 17.4 Å². The Morgan fingerprint density at radius 2 is 2.07 bits per heavy atom. The van der Waals surface area contributed by atoms with E-state index in [4.69, 9.17) is 11.6 Å². The van der Waals surface area contributed by atoms with Crippen molar-refractivity contribution < 1.29 is 25.2 Å². The Morgan fingerprint density at radius 3 is 2.70 bits per heavy atom. The molecule has 2 fully saturated rings. The molecule has 0 radical (unpaired) electrons. The summed E-state index contributed by atoms with van der Waals surface area (Å²) in [7, 11) is 0. The summed E-state index contributed by atoms with van der Waals surface area (Å²) in [4.78, 5) is 31.6. The van der Waals surface area contributed by atoms with E-state index in [2.05, 4.69) is 4.98 Å². The van der Waals surface area contributed by atoms with Crippen molar-refractivity contribution in [2.24, 2.45) is 0 Å². The monoisotopic (exact) mass is 433 g/mol. The Bertz CT molecular complexity index is 1240. The van der Waals surface area contributed by atoms with Gasteiger partial charge in [0, 0.05) is 23.9 Å². The molecule has 2 aliphatic rings. The van der Waals surface area contributed by atoms with Crippen molar-refractivity contribution in [3.63, 3.8) is 0 Å². The number of alkyl halides is 1. The van der Waals surface area contributed by atoms with Gasteiger partial charge in [-0.05, 0) is 31.4 Å². The number of halogens is 3. The highest BCUT2D eigenvalue weighted by molar-refractivity contribution is 5.94. The fraction of sp³-hybridized carbons (Fsp3) is 0.381. The molecule has 9 heteroatoms. The molecule has 1 amide bonds. The molecule has 2 aromatic heterocycles. The molecular formula is C21H20ClF2N4O2+. The number of hydrogen-bond acceptors (Lipinski definition) is 3. The molecule has 3 heterocycles. The van der Waals surface area contributed by atoms with Crippen LogP contribution in [-0.4, -0.2) is 43.7 Å². The lowest BCUT2D eigenvalue weighted by atomic mass is 9.99. The van der Waals surface area contributed by atoms with E-state index >= 15 is 0 Å². The van der Waals surface area contributed by atoms with Gasteiger partial charge in [-0.3, -0.25) is 14.2 Å². The summed E-state index contributed by atoms with van der Waals surface area (Å²) in [6, 6.07) is 4.67. The van der Waals surface area contributed by atoms with Crippen LogP contribution in [0.4, 0.5) is 8.78 Å². The summed E-state index contributed by atoms with van der Waals surface area (Å²) in [5, 5.41) is 0.448. The molecule has 0 spiro atoms. The highest BCUT2D eigenvalue weighted by Gasteiger charge is 2.41. The molecule has 1 saturated heterocycles. The van der Waals surface area contributed by atoms with Gasteiger partial charge in [-0.25, -0.2) is 13.8 Å². The summed E-state index contributed by atoms with van der Waals surface area (Å²) in [5.74, 6) is -0.818. The largest absolute Gasteiger partial charge is 0.335 e. The zero-order valence-electron chi connectivity index (χ0n) is 16.3. The van der Waals surface area contributed by atoms with Crippen LogP contribution in [0.2, 0.25) is 5.02 Å². The van der Waals surface area contributed by atoms with Crippen LogP contribution in [0.1, 0.15) is 25.8 Å². The van der Waals surface area contributed by atoms with E-state index in [-0.39, 0.29) is 42.2 Å². The number of carbonyl (C=O) groups is 1. The fourth-order valence-electron chi connectivity index (χ4n) is 3.98. The molecule has 0 unspecified atom stereocenters. The van der Waals surface area contributed by atoms with Crippen molar-refractivity contribution in [1.29, 1.82) is 0 Å². The molecule has 30 heavy (non-hydrogen) atoms. The minimum absolute atomic E-state index is 0.0246. The maximum Gasteiger partial charge on any atom is 0.263 e. The standard InChI is InChI=1S/C21H20ClF2N4O2/c1-21(24)9-27(10-21)17(29)8-26-11-25-19-18(20(26)30)14(7-28(19)13-3-4-13)12-2-5-16(23)15(22)6-12/h2,5-7,11,13,22H,3-4,8-10H2,1H3/q+1. The molecule has 1 saturated carbocycles. The van der Waals surface area contributed by atoms with Crippen LogP contribution in [0.15, 0.2) is 35.5 Å². The molecule has 0 N–H and O–H groups in total. The summed E-state index contributed by atoms with van der Waals surface area (Å²) in [6.45, 7) is 1.29. The fourth-order valence-corrected chi connectivity index (χ4v) is 4.18. The zero-order valence-corrected chi connectivity index (χ0v) is 17.1. The SMILES string of the molecule is CC1(F)CN(C(=O)Cn2cnc3c(c(-c4ccc(F)c([ClH+])c4)cn3C3CC3)c2=O)C1. The first-order valence-corrected chi connectivity index (χ1v) is 10.2. The number of rotatable bonds is 4. The van der Waals surface area contributed by atoms with Gasteiger partial charge < -0.3 is 9.47 Å². The molecule has 6 nitrogen and oxygen atoms in total. The topological polar surface area (TPSA) is 60.1 Å². The third-order valence-corrected chi connectivity index (χ3v) is 5.99. The average molecular weight is 434 g/mol. The van der Waals surface area contributed by atoms with Crippen molar-refractivity contribution in [2.75, 3.05) is 13.1 Å². The van der Waals surface area contributed by atoms with Crippen LogP contribution in [-0.2, 0) is 11.3 Å². The summed E-state index contributed by atoms with van der Waals surface area (Å²) in [5.41, 5.74) is 0.0488. The van der Waals surface area contributed by atoms with Crippen LogP contribution in [0.3, 0.4) is 0 Å². The van der Waals surface area contributed by atoms with Crippen LogP contribution in [0.5, 0.6) is 0 Å². The minimum Gasteiger partial charge on any atom is -0.335 e.